The van der Waals surface area contributed by atoms with Gasteiger partial charge in [0.15, 0.2) is 0 Å². The normalized spacial score (nSPS) is 15.4. The molecule has 0 bridgehead atoms. The SMILES string of the molecule is CSCCC(NC(=O)C(C)N)C(=O)NC(CC(C)C)C(=O)NC(C)C(=O)O. The van der Waals surface area contributed by atoms with Gasteiger partial charge in [0.2, 0.25) is 17.7 Å². The summed E-state index contributed by atoms with van der Waals surface area (Å²) in [7, 11) is 0. The fourth-order valence-corrected chi connectivity index (χ4v) is 2.63. The maximum absolute atomic E-state index is 12.7. The van der Waals surface area contributed by atoms with Crippen LogP contribution in [0, 0.1) is 5.92 Å². The molecule has 4 unspecified atom stereocenters. The number of nitrogens with two attached hydrogens (primary N) is 1. The van der Waals surface area contributed by atoms with E-state index in [4.69, 9.17) is 10.8 Å². The lowest BCUT2D eigenvalue weighted by atomic mass is 10.0. The van der Waals surface area contributed by atoms with Crippen LogP contribution >= 0.6 is 11.8 Å². The van der Waals surface area contributed by atoms with Crippen molar-refractivity contribution in [1.82, 2.24) is 16.0 Å². The van der Waals surface area contributed by atoms with Crippen molar-refractivity contribution in [2.24, 2.45) is 11.7 Å². The van der Waals surface area contributed by atoms with Gasteiger partial charge in [-0.15, -0.1) is 0 Å². The highest BCUT2D eigenvalue weighted by molar-refractivity contribution is 7.98. The Morgan fingerprint density at radius 3 is 1.89 bits per heavy atom. The van der Waals surface area contributed by atoms with E-state index < -0.39 is 47.9 Å². The Balaban J connectivity index is 5.20. The molecule has 10 heteroatoms. The Bertz CT molecular complexity index is 527. The van der Waals surface area contributed by atoms with Gasteiger partial charge in [-0.3, -0.25) is 19.2 Å². The van der Waals surface area contributed by atoms with E-state index in [-0.39, 0.29) is 5.92 Å². The van der Waals surface area contributed by atoms with Crippen LogP contribution in [0.2, 0.25) is 0 Å². The highest BCUT2D eigenvalue weighted by Gasteiger charge is 2.29. The molecule has 0 spiro atoms. The highest BCUT2D eigenvalue weighted by Crippen LogP contribution is 2.08. The summed E-state index contributed by atoms with van der Waals surface area (Å²) in [4.78, 5) is 47.9. The van der Waals surface area contributed by atoms with Gasteiger partial charge in [-0.05, 0) is 44.6 Å². The average molecular weight is 405 g/mol. The van der Waals surface area contributed by atoms with Crippen LogP contribution in [-0.4, -0.2) is 65.0 Å². The van der Waals surface area contributed by atoms with Crippen molar-refractivity contribution in [3.8, 4) is 0 Å². The maximum atomic E-state index is 12.7. The smallest absolute Gasteiger partial charge is 0.325 e. The van der Waals surface area contributed by atoms with E-state index in [1.165, 1.54) is 25.6 Å². The fraction of sp³-hybridized carbons (Fsp3) is 0.765. The first-order chi connectivity index (χ1) is 12.5. The van der Waals surface area contributed by atoms with Gasteiger partial charge in [-0.2, -0.15) is 11.8 Å². The van der Waals surface area contributed by atoms with Crippen LogP contribution in [0.1, 0.15) is 40.5 Å². The van der Waals surface area contributed by atoms with E-state index in [9.17, 15) is 19.2 Å². The first-order valence-corrected chi connectivity index (χ1v) is 10.3. The number of aliphatic carboxylic acids is 1. The third-order valence-electron chi connectivity index (χ3n) is 3.73. The van der Waals surface area contributed by atoms with Crippen LogP contribution in [0.4, 0.5) is 0 Å². The molecule has 6 N–H and O–H groups in total. The number of carboxylic acids is 1. The summed E-state index contributed by atoms with van der Waals surface area (Å²) >= 11 is 1.52. The summed E-state index contributed by atoms with van der Waals surface area (Å²) in [5.41, 5.74) is 5.54. The molecule has 0 saturated carbocycles. The Hall–Kier alpha value is -1.81. The van der Waals surface area contributed by atoms with Gasteiger partial charge in [-0.25, -0.2) is 0 Å². The van der Waals surface area contributed by atoms with Crippen LogP contribution in [-0.2, 0) is 19.2 Å². The van der Waals surface area contributed by atoms with E-state index >= 15 is 0 Å². The van der Waals surface area contributed by atoms with E-state index in [0.29, 0.717) is 18.6 Å². The second kappa shape index (κ2) is 12.6. The predicted molar refractivity (Wildman–Crippen MR) is 105 cm³/mol. The number of carboxylic acid groups (broad SMARTS) is 1. The zero-order valence-corrected chi connectivity index (χ0v) is 17.4. The Morgan fingerprint density at radius 1 is 0.926 bits per heavy atom. The second-order valence-electron chi connectivity index (χ2n) is 6.89. The van der Waals surface area contributed by atoms with Gasteiger partial charge >= 0.3 is 5.97 Å². The molecule has 27 heavy (non-hydrogen) atoms. The minimum atomic E-state index is -1.17. The molecule has 0 heterocycles. The molecule has 3 amide bonds. The summed E-state index contributed by atoms with van der Waals surface area (Å²) in [5.74, 6) is -1.98. The lowest BCUT2D eigenvalue weighted by Gasteiger charge is -2.25. The number of rotatable bonds is 12. The van der Waals surface area contributed by atoms with Gasteiger partial charge in [0.25, 0.3) is 0 Å². The molecule has 0 radical (unpaired) electrons. The molecule has 0 aliphatic carbocycles. The average Bonchev–Trinajstić information content (AvgIpc) is 2.56. The number of carbonyl (C=O) groups is 4. The number of thioether (sulfide) groups is 1. The fourth-order valence-electron chi connectivity index (χ4n) is 2.16. The van der Waals surface area contributed by atoms with Crippen LogP contribution in [0.25, 0.3) is 0 Å². The number of nitrogens with one attached hydrogen (secondary N) is 3. The number of hydrogen-bond donors (Lipinski definition) is 5. The molecule has 0 aromatic carbocycles. The molecular weight excluding hydrogens is 372 g/mol. The molecule has 0 fully saturated rings. The van der Waals surface area contributed by atoms with Gasteiger partial charge in [-0.1, -0.05) is 13.8 Å². The van der Waals surface area contributed by atoms with Gasteiger partial charge in [0, 0.05) is 0 Å². The lowest BCUT2D eigenvalue weighted by molar-refractivity contribution is -0.141. The molecule has 0 saturated heterocycles. The van der Waals surface area contributed by atoms with Crippen molar-refractivity contribution in [3.05, 3.63) is 0 Å². The van der Waals surface area contributed by atoms with E-state index in [0.717, 1.165) is 0 Å². The number of amides is 3. The molecule has 4 atom stereocenters. The van der Waals surface area contributed by atoms with Crippen molar-refractivity contribution in [1.29, 1.82) is 0 Å². The maximum Gasteiger partial charge on any atom is 0.325 e. The Morgan fingerprint density at radius 2 is 1.44 bits per heavy atom. The van der Waals surface area contributed by atoms with E-state index in [1.54, 1.807) is 0 Å². The van der Waals surface area contributed by atoms with Crippen molar-refractivity contribution in [2.45, 2.75) is 64.7 Å². The van der Waals surface area contributed by atoms with Gasteiger partial charge in [0.05, 0.1) is 6.04 Å². The summed E-state index contributed by atoms with van der Waals surface area (Å²) in [6.07, 6.45) is 2.60. The topological polar surface area (TPSA) is 151 Å². The Labute approximate surface area is 164 Å². The molecular formula is C17H32N4O5S. The third-order valence-corrected chi connectivity index (χ3v) is 4.37. The second-order valence-corrected chi connectivity index (χ2v) is 7.88. The first kappa shape index (κ1) is 25.2. The minimum absolute atomic E-state index is 0.0875. The summed E-state index contributed by atoms with van der Waals surface area (Å²) in [5, 5.41) is 16.5. The van der Waals surface area contributed by atoms with E-state index in [1.807, 2.05) is 20.1 Å². The number of carbonyl (C=O) groups excluding carboxylic acids is 3. The molecule has 0 aromatic heterocycles. The van der Waals surface area contributed by atoms with E-state index in [2.05, 4.69) is 16.0 Å². The highest BCUT2D eigenvalue weighted by atomic mass is 32.2. The molecule has 0 aliphatic heterocycles. The van der Waals surface area contributed by atoms with Crippen LogP contribution in [0.3, 0.4) is 0 Å². The molecule has 9 nitrogen and oxygen atoms in total. The molecule has 0 aliphatic rings. The number of hydrogen-bond acceptors (Lipinski definition) is 6. The standard InChI is InChI=1S/C17H32N4O5S/c1-9(2)8-13(16(24)19-11(4)17(25)26)21-15(23)12(6-7-27-5)20-14(22)10(3)18/h9-13H,6-8,18H2,1-5H3,(H,19,24)(H,20,22)(H,21,23)(H,25,26). The van der Waals surface area contributed by atoms with Crippen molar-refractivity contribution < 1.29 is 24.3 Å². The van der Waals surface area contributed by atoms with Crippen molar-refractivity contribution in [2.75, 3.05) is 12.0 Å². The summed E-state index contributed by atoms with van der Waals surface area (Å²) in [6, 6.07) is -3.56. The monoisotopic (exact) mass is 404 g/mol. The largest absolute Gasteiger partial charge is 0.480 e. The van der Waals surface area contributed by atoms with Crippen LogP contribution in [0.5, 0.6) is 0 Å². The zero-order valence-electron chi connectivity index (χ0n) is 16.6. The van der Waals surface area contributed by atoms with Crippen LogP contribution in [0.15, 0.2) is 0 Å². The van der Waals surface area contributed by atoms with Gasteiger partial charge in [0.1, 0.15) is 18.1 Å². The zero-order chi connectivity index (χ0) is 21.1. The quantitative estimate of drug-likeness (QED) is 0.299. The predicted octanol–water partition coefficient (Wildman–Crippen LogP) is -0.308. The van der Waals surface area contributed by atoms with Gasteiger partial charge < -0.3 is 26.8 Å². The first-order valence-electron chi connectivity index (χ1n) is 8.88. The minimum Gasteiger partial charge on any atom is -0.480 e. The third kappa shape index (κ3) is 10.2. The lowest BCUT2D eigenvalue weighted by Crippen LogP contribution is -2.57. The van der Waals surface area contributed by atoms with Crippen molar-refractivity contribution >= 4 is 35.5 Å². The van der Waals surface area contributed by atoms with Crippen molar-refractivity contribution in [3.63, 3.8) is 0 Å². The molecule has 0 rings (SSSR count). The summed E-state index contributed by atoms with van der Waals surface area (Å²) < 4.78 is 0. The molecule has 156 valence electrons. The summed E-state index contributed by atoms with van der Waals surface area (Å²) in [6.45, 7) is 6.63. The van der Waals surface area contributed by atoms with Crippen LogP contribution < -0.4 is 21.7 Å². The molecule has 0 aromatic rings. The Kier molecular flexibility index (Phi) is 11.7.